The van der Waals surface area contributed by atoms with Gasteiger partial charge in [-0.3, -0.25) is 0 Å². The van der Waals surface area contributed by atoms with Crippen molar-refractivity contribution in [2.45, 2.75) is 70.8 Å². The second kappa shape index (κ2) is 8.76. The molecule has 1 aliphatic rings. The molecule has 2 heteroatoms. The van der Waals surface area contributed by atoms with Crippen molar-refractivity contribution in [2.75, 3.05) is 0 Å². The Kier molecular flexibility index (Phi) is 6.42. The van der Waals surface area contributed by atoms with Crippen LogP contribution in [0.25, 0.3) is 11.1 Å². The minimum Gasteiger partial charge on any atom is -0.490 e. The van der Waals surface area contributed by atoms with Crippen LogP contribution in [0.1, 0.15) is 70.3 Å². The molecule has 0 N–H and O–H groups in total. The summed E-state index contributed by atoms with van der Waals surface area (Å²) in [6.45, 7) is 4.53. The highest BCUT2D eigenvalue weighted by atomic mass is 35.5. The van der Waals surface area contributed by atoms with Gasteiger partial charge in [0.05, 0.1) is 6.10 Å². The third-order valence-electron chi connectivity index (χ3n) is 5.34. The van der Waals surface area contributed by atoms with Gasteiger partial charge in [0, 0.05) is 5.02 Å². The molecule has 1 saturated carbocycles. The SMILES string of the molecule is CCCC(CC)c1ccc(Cl)cc1-c1cccc(OC2CCCC2)c1. The number of benzene rings is 2. The quantitative estimate of drug-likeness (QED) is 0.495. The predicted molar refractivity (Wildman–Crippen MR) is 108 cm³/mol. The van der Waals surface area contributed by atoms with Crippen molar-refractivity contribution in [1.29, 1.82) is 0 Å². The third-order valence-corrected chi connectivity index (χ3v) is 5.57. The standard InChI is InChI=1S/C23H29ClO/c1-3-8-17(4-2)22-14-13-19(24)16-23(22)18-9-7-12-21(15-18)25-20-10-5-6-11-20/h7,9,12-17,20H,3-6,8,10-11H2,1-2H3. The molecular weight excluding hydrogens is 328 g/mol. The first-order valence-electron chi connectivity index (χ1n) is 9.77. The summed E-state index contributed by atoms with van der Waals surface area (Å²) in [6.07, 6.45) is 8.89. The van der Waals surface area contributed by atoms with Crippen molar-refractivity contribution >= 4 is 11.6 Å². The molecule has 3 rings (SSSR count). The average Bonchev–Trinajstić information content (AvgIpc) is 3.13. The van der Waals surface area contributed by atoms with Gasteiger partial charge >= 0.3 is 0 Å². The Balaban J connectivity index is 1.93. The van der Waals surface area contributed by atoms with Gasteiger partial charge in [0.1, 0.15) is 5.75 Å². The summed E-state index contributed by atoms with van der Waals surface area (Å²) in [5.74, 6) is 1.57. The van der Waals surface area contributed by atoms with Gasteiger partial charge in [0.15, 0.2) is 0 Å². The summed E-state index contributed by atoms with van der Waals surface area (Å²) in [4.78, 5) is 0. The molecular formula is C23H29ClO. The fourth-order valence-electron chi connectivity index (χ4n) is 4.00. The molecule has 1 unspecified atom stereocenters. The summed E-state index contributed by atoms with van der Waals surface area (Å²) < 4.78 is 6.21. The van der Waals surface area contributed by atoms with E-state index in [1.807, 2.05) is 6.07 Å². The molecule has 1 aliphatic carbocycles. The molecule has 1 fully saturated rings. The maximum atomic E-state index is 6.34. The van der Waals surface area contributed by atoms with E-state index in [0.29, 0.717) is 12.0 Å². The van der Waals surface area contributed by atoms with Crippen molar-refractivity contribution < 1.29 is 4.74 Å². The number of hydrogen-bond donors (Lipinski definition) is 0. The molecule has 0 heterocycles. The molecule has 0 radical (unpaired) electrons. The van der Waals surface area contributed by atoms with Gasteiger partial charge in [-0.2, -0.15) is 0 Å². The van der Waals surface area contributed by atoms with Crippen LogP contribution in [0.4, 0.5) is 0 Å². The Bertz CT molecular complexity index is 688. The molecule has 2 aromatic rings. The lowest BCUT2D eigenvalue weighted by atomic mass is 9.86. The molecule has 0 saturated heterocycles. The minimum absolute atomic E-state index is 0.387. The number of rotatable bonds is 7. The first-order chi connectivity index (χ1) is 12.2. The van der Waals surface area contributed by atoms with Gasteiger partial charge in [-0.15, -0.1) is 0 Å². The lowest BCUT2D eigenvalue weighted by molar-refractivity contribution is 0.210. The van der Waals surface area contributed by atoms with E-state index in [0.717, 1.165) is 17.2 Å². The van der Waals surface area contributed by atoms with Crippen molar-refractivity contribution in [3.8, 4) is 16.9 Å². The lowest BCUT2D eigenvalue weighted by Gasteiger charge is -2.20. The van der Waals surface area contributed by atoms with Crippen molar-refractivity contribution in [3.05, 3.63) is 53.1 Å². The highest BCUT2D eigenvalue weighted by Gasteiger charge is 2.18. The molecule has 0 aromatic heterocycles. The maximum Gasteiger partial charge on any atom is 0.120 e. The maximum absolute atomic E-state index is 6.34. The van der Waals surface area contributed by atoms with E-state index in [1.54, 1.807) is 0 Å². The average molecular weight is 357 g/mol. The van der Waals surface area contributed by atoms with Crippen molar-refractivity contribution in [3.63, 3.8) is 0 Å². The first-order valence-corrected chi connectivity index (χ1v) is 10.2. The smallest absolute Gasteiger partial charge is 0.120 e. The number of halogens is 1. The Morgan fingerprint density at radius 2 is 1.88 bits per heavy atom. The summed E-state index contributed by atoms with van der Waals surface area (Å²) >= 11 is 6.34. The fourth-order valence-corrected chi connectivity index (χ4v) is 4.17. The lowest BCUT2D eigenvalue weighted by Crippen LogP contribution is -2.10. The van der Waals surface area contributed by atoms with E-state index >= 15 is 0 Å². The topological polar surface area (TPSA) is 9.23 Å². The number of ether oxygens (including phenoxy) is 1. The predicted octanol–water partition coefficient (Wildman–Crippen LogP) is 7.62. The molecule has 0 spiro atoms. The van der Waals surface area contributed by atoms with E-state index in [1.165, 1.54) is 55.2 Å². The Hall–Kier alpha value is -1.47. The second-order valence-corrected chi connectivity index (χ2v) is 7.61. The zero-order valence-corrected chi connectivity index (χ0v) is 16.2. The summed E-state index contributed by atoms with van der Waals surface area (Å²) in [5.41, 5.74) is 3.87. The van der Waals surface area contributed by atoms with Crippen LogP contribution in [-0.2, 0) is 0 Å². The van der Waals surface area contributed by atoms with Gasteiger partial charge in [-0.05, 0) is 85.4 Å². The summed E-state index contributed by atoms with van der Waals surface area (Å²) in [6, 6.07) is 14.9. The molecule has 2 aromatic carbocycles. The summed E-state index contributed by atoms with van der Waals surface area (Å²) in [7, 11) is 0. The van der Waals surface area contributed by atoms with E-state index in [9.17, 15) is 0 Å². The van der Waals surface area contributed by atoms with Gasteiger partial charge in [-0.25, -0.2) is 0 Å². The van der Waals surface area contributed by atoms with E-state index in [-0.39, 0.29) is 0 Å². The van der Waals surface area contributed by atoms with Crippen molar-refractivity contribution in [2.24, 2.45) is 0 Å². The molecule has 134 valence electrons. The first kappa shape index (κ1) is 18.3. The molecule has 0 amide bonds. The van der Waals surface area contributed by atoms with Gasteiger partial charge in [0.2, 0.25) is 0 Å². The minimum atomic E-state index is 0.387. The Morgan fingerprint density at radius 1 is 1.08 bits per heavy atom. The molecule has 25 heavy (non-hydrogen) atoms. The van der Waals surface area contributed by atoms with Crippen LogP contribution < -0.4 is 4.74 Å². The molecule has 0 bridgehead atoms. The Labute approximate surface area is 157 Å². The van der Waals surface area contributed by atoms with Crippen LogP contribution in [0.5, 0.6) is 5.75 Å². The largest absolute Gasteiger partial charge is 0.490 e. The highest BCUT2D eigenvalue weighted by Crippen LogP contribution is 2.37. The molecule has 0 aliphatic heterocycles. The molecule has 1 nitrogen and oxygen atoms in total. The van der Waals surface area contributed by atoms with Crippen LogP contribution in [0.2, 0.25) is 5.02 Å². The molecule has 1 atom stereocenters. The van der Waals surface area contributed by atoms with Crippen LogP contribution in [0, 0.1) is 0 Å². The van der Waals surface area contributed by atoms with E-state index in [4.69, 9.17) is 16.3 Å². The fraction of sp³-hybridized carbons (Fsp3) is 0.478. The van der Waals surface area contributed by atoms with Crippen LogP contribution in [0.15, 0.2) is 42.5 Å². The second-order valence-electron chi connectivity index (χ2n) is 7.18. The monoisotopic (exact) mass is 356 g/mol. The van der Waals surface area contributed by atoms with E-state index < -0.39 is 0 Å². The Morgan fingerprint density at radius 3 is 2.60 bits per heavy atom. The van der Waals surface area contributed by atoms with Crippen molar-refractivity contribution in [1.82, 2.24) is 0 Å². The third kappa shape index (κ3) is 4.58. The zero-order chi connectivity index (χ0) is 17.6. The van der Waals surface area contributed by atoms with Gasteiger partial charge < -0.3 is 4.74 Å². The van der Waals surface area contributed by atoms with Crippen LogP contribution >= 0.6 is 11.6 Å². The van der Waals surface area contributed by atoms with Crippen LogP contribution in [-0.4, -0.2) is 6.10 Å². The van der Waals surface area contributed by atoms with Gasteiger partial charge in [0.25, 0.3) is 0 Å². The summed E-state index contributed by atoms with van der Waals surface area (Å²) in [5, 5.41) is 0.798. The van der Waals surface area contributed by atoms with Gasteiger partial charge in [-0.1, -0.05) is 50.1 Å². The highest BCUT2D eigenvalue weighted by molar-refractivity contribution is 6.30. The zero-order valence-electron chi connectivity index (χ0n) is 15.4. The van der Waals surface area contributed by atoms with Crippen LogP contribution in [0.3, 0.4) is 0 Å². The number of hydrogen-bond acceptors (Lipinski definition) is 1. The van der Waals surface area contributed by atoms with E-state index in [2.05, 4.69) is 50.2 Å². The normalized spacial score (nSPS) is 16.1.